The first kappa shape index (κ1) is 21.7. The molecular formula is C24H22N6O3S. The second kappa shape index (κ2) is 8.99. The zero-order chi connectivity index (χ0) is 23.7. The summed E-state index contributed by atoms with van der Waals surface area (Å²) in [5.41, 5.74) is 8.44. The van der Waals surface area contributed by atoms with Crippen LogP contribution in [0.4, 0.5) is 21.9 Å². The molecule has 3 amide bonds. The Bertz CT molecular complexity index is 1400. The van der Waals surface area contributed by atoms with E-state index in [1.807, 2.05) is 24.3 Å². The van der Waals surface area contributed by atoms with Crippen LogP contribution in [0.2, 0.25) is 0 Å². The highest BCUT2D eigenvalue weighted by Crippen LogP contribution is 2.29. The van der Waals surface area contributed by atoms with E-state index in [2.05, 4.69) is 20.6 Å². The minimum atomic E-state index is -0.347. The summed E-state index contributed by atoms with van der Waals surface area (Å²) in [7, 11) is 1.55. The number of hydrogen-bond acceptors (Lipinski definition) is 7. The molecule has 1 aliphatic rings. The molecule has 0 spiro atoms. The van der Waals surface area contributed by atoms with Crippen LogP contribution in [-0.2, 0) is 13.0 Å². The fourth-order valence-electron chi connectivity index (χ4n) is 3.84. The Hall–Kier alpha value is -4.18. The zero-order valence-electron chi connectivity index (χ0n) is 18.4. The van der Waals surface area contributed by atoms with Gasteiger partial charge in [0.2, 0.25) is 0 Å². The highest BCUT2D eigenvalue weighted by atomic mass is 32.1. The fraction of sp³-hybridized carbons (Fsp3) is 0.167. The van der Waals surface area contributed by atoms with E-state index in [4.69, 9.17) is 10.5 Å². The smallest absolute Gasteiger partial charge is 0.322 e. The average molecular weight is 475 g/mol. The molecule has 9 nitrogen and oxygen atoms in total. The minimum absolute atomic E-state index is 0.196. The average Bonchev–Trinajstić information content (AvgIpc) is 3.29. The van der Waals surface area contributed by atoms with Crippen LogP contribution in [0.15, 0.2) is 54.9 Å². The molecule has 4 N–H and O–H groups in total. The number of amides is 3. The maximum atomic E-state index is 13.0. The van der Waals surface area contributed by atoms with Crippen LogP contribution >= 0.6 is 11.3 Å². The topological polar surface area (TPSA) is 122 Å². The number of nitrogens with one attached hydrogen (secondary N) is 2. The summed E-state index contributed by atoms with van der Waals surface area (Å²) in [5, 5.41) is 8.02. The highest BCUT2D eigenvalue weighted by molar-refractivity contribution is 7.13. The number of carbonyl (C=O) groups is 2. The molecule has 0 saturated carbocycles. The molecule has 0 unspecified atom stereocenters. The number of rotatable bonds is 4. The number of carbonyl (C=O) groups excluding carboxylic acids is 2. The molecular weight excluding hydrogens is 452 g/mol. The SMILES string of the molecule is COc1ccc(N)c(NC(=O)c2nc3c(s2)CN(C(=O)Nc2cccc4cnccc24)CC3)c1. The van der Waals surface area contributed by atoms with E-state index < -0.39 is 0 Å². The van der Waals surface area contributed by atoms with E-state index in [-0.39, 0.29) is 11.9 Å². The van der Waals surface area contributed by atoms with Gasteiger partial charge in [-0.15, -0.1) is 11.3 Å². The summed E-state index contributed by atoms with van der Waals surface area (Å²) < 4.78 is 5.20. The van der Waals surface area contributed by atoms with Gasteiger partial charge in [-0.2, -0.15) is 0 Å². The quantitative estimate of drug-likeness (QED) is 0.382. The summed E-state index contributed by atoms with van der Waals surface area (Å²) >= 11 is 1.28. The lowest BCUT2D eigenvalue weighted by molar-refractivity contribution is 0.102. The van der Waals surface area contributed by atoms with Gasteiger partial charge >= 0.3 is 6.03 Å². The molecule has 5 rings (SSSR count). The van der Waals surface area contributed by atoms with Crippen LogP contribution in [0.25, 0.3) is 10.8 Å². The first-order valence-corrected chi connectivity index (χ1v) is 11.5. The lowest BCUT2D eigenvalue weighted by Crippen LogP contribution is -2.38. The van der Waals surface area contributed by atoms with Gasteiger partial charge in [0.1, 0.15) is 5.75 Å². The van der Waals surface area contributed by atoms with Crippen LogP contribution in [0.3, 0.4) is 0 Å². The highest BCUT2D eigenvalue weighted by Gasteiger charge is 2.26. The van der Waals surface area contributed by atoms with Crippen molar-refractivity contribution >= 4 is 51.1 Å². The molecule has 0 atom stereocenters. The first-order chi connectivity index (χ1) is 16.5. The number of nitrogen functional groups attached to an aromatic ring is 1. The Labute approximate surface area is 199 Å². The first-order valence-electron chi connectivity index (χ1n) is 10.6. The number of nitrogens with zero attached hydrogens (tertiary/aromatic N) is 3. The second-order valence-electron chi connectivity index (χ2n) is 7.80. The third-order valence-electron chi connectivity index (χ3n) is 5.64. The van der Waals surface area contributed by atoms with Gasteiger partial charge in [-0.25, -0.2) is 9.78 Å². The van der Waals surface area contributed by atoms with Gasteiger partial charge in [0.25, 0.3) is 5.91 Å². The number of hydrogen-bond donors (Lipinski definition) is 3. The van der Waals surface area contributed by atoms with E-state index in [0.29, 0.717) is 41.6 Å². The van der Waals surface area contributed by atoms with Crippen molar-refractivity contribution in [3.05, 3.63) is 70.4 Å². The zero-order valence-corrected chi connectivity index (χ0v) is 19.2. The number of benzene rings is 2. The van der Waals surface area contributed by atoms with Crippen molar-refractivity contribution in [1.29, 1.82) is 0 Å². The van der Waals surface area contributed by atoms with Crippen molar-refractivity contribution in [1.82, 2.24) is 14.9 Å². The summed E-state index contributed by atoms with van der Waals surface area (Å²) in [5.74, 6) is 0.242. The van der Waals surface area contributed by atoms with Crippen molar-refractivity contribution in [2.45, 2.75) is 13.0 Å². The lowest BCUT2D eigenvalue weighted by Gasteiger charge is -2.26. The predicted molar refractivity (Wildman–Crippen MR) is 132 cm³/mol. The summed E-state index contributed by atoms with van der Waals surface area (Å²) in [6.45, 7) is 0.901. The molecule has 2 aromatic carbocycles. The molecule has 1 aliphatic heterocycles. The van der Waals surface area contributed by atoms with Crippen LogP contribution in [0.1, 0.15) is 20.4 Å². The third kappa shape index (κ3) is 4.23. The van der Waals surface area contributed by atoms with Crippen molar-refractivity contribution in [3.63, 3.8) is 0 Å². The van der Waals surface area contributed by atoms with Gasteiger partial charge in [0.15, 0.2) is 5.01 Å². The molecule has 0 fully saturated rings. The minimum Gasteiger partial charge on any atom is -0.497 e. The number of urea groups is 1. The van der Waals surface area contributed by atoms with Crippen LogP contribution in [-0.4, -0.2) is 40.5 Å². The Morgan fingerprint density at radius 2 is 2.03 bits per heavy atom. The molecule has 34 heavy (non-hydrogen) atoms. The number of thiazole rings is 1. The largest absolute Gasteiger partial charge is 0.497 e. The molecule has 10 heteroatoms. The normalized spacial score (nSPS) is 12.8. The predicted octanol–water partition coefficient (Wildman–Crippen LogP) is 4.12. The van der Waals surface area contributed by atoms with Gasteiger partial charge in [-0.3, -0.25) is 9.78 Å². The number of anilines is 3. The van der Waals surface area contributed by atoms with Crippen molar-refractivity contribution in [3.8, 4) is 5.75 Å². The number of aromatic nitrogens is 2. The number of methoxy groups -OCH3 is 1. The van der Waals surface area contributed by atoms with Gasteiger partial charge < -0.3 is 26.0 Å². The third-order valence-corrected chi connectivity index (χ3v) is 6.72. The van der Waals surface area contributed by atoms with E-state index >= 15 is 0 Å². The number of pyridine rings is 1. The molecule has 172 valence electrons. The van der Waals surface area contributed by atoms with Gasteiger partial charge in [0.05, 0.1) is 36.4 Å². The van der Waals surface area contributed by atoms with Crippen molar-refractivity contribution < 1.29 is 14.3 Å². The molecule has 4 aromatic rings. The summed E-state index contributed by atoms with van der Waals surface area (Å²) in [6, 6.07) is 12.4. The molecule has 0 saturated heterocycles. The van der Waals surface area contributed by atoms with E-state index in [9.17, 15) is 9.59 Å². The van der Waals surface area contributed by atoms with Gasteiger partial charge in [-0.1, -0.05) is 12.1 Å². The monoisotopic (exact) mass is 474 g/mol. The number of nitrogens with two attached hydrogens (primary N) is 1. The second-order valence-corrected chi connectivity index (χ2v) is 8.88. The van der Waals surface area contributed by atoms with Crippen LogP contribution < -0.4 is 21.1 Å². The molecule has 0 bridgehead atoms. The molecule has 3 heterocycles. The number of fused-ring (bicyclic) bond motifs is 2. The standard InChI is InChI=1S/C24H22N6O3S/c1-33-15-5-6-17(25)20(11-15)27-22(31)23-28-19-8-10-30(13-21(19)34-23)24(32)29-18-4-2-3-14-12-26-9-7-16(14)18/h2-7,9,11-12H,8,10,13,25H2,1H3,(H,27,31)(H,29,32). The summed E-state index contributed by atoms with van der Waals surface area (Å²) in [4.78, 5) is 37.0. The maximum Gasteiger partial charge on any atom is 0.322 e. The van der Waals surface area contributed by atoms with Crippen molar-refractivity contribution in [2.24, 2.45) is 0 Å². The Balaban J connectivity index is 1.29. The van der Waals surface area contributed by atoms with Gasteiger partial charge in [0, 0.05) is 47.1 Å². The summed E-state index contributed by atoms with van der Waals surface area (Å²) in [6.07, 6.45) is 4.04. The molecule has 2 aromatic heterocycles. The Kier molecular flexibility index (Phi) is 5.72. The van der Waals surface area contributed by atoms with E-state index in [0.717, 1.165) is 27.0 Å². The Morgan fingerprint density at radius 1 is 1.15 bits per heavy atom. The van der Waals surface area contributed by atoms with Crippen LogP contribution in [0.5, 0.6) is 5.75 Å². The lowest BCUT2D eigenvalue weighted by atomic mass is 10.1. The van der Waals surface area contributed by atoms with Crippen molar-refractivity contribution in [2.75, 3.05) is 30.0 Å². The Morgan fingerprint density at radius 3 is 2.88 bits per heavy atom. The van der Waals surface area contributed by atoms with Gasteiger partial charge in [-0.05, 0) is 24.3 Å². The number of ether oxygens (including phenoxy) is 1. The maximum absolute atomic E-state index is 13.0. The molecule has 0 radical (unpaired) electrons. The van der Waals surface area contributed by atoms with E-state index in [1.54, 1.807) is 42.6 Å². The molecule has 0 aliphatic carbocycles. The van der Waals surface area contributed by atoms with Crippen LogP contribution in [0, 0.1) is 0 Å². The fourth-order valence-corrected chi connectivity index (χ4v) is 4.86. The van der Waals surface area contributed by atoms with E-state index in [1.165, 1.54) is 11.3 Å².